The molecule has 0 bridgehead atoms. The lowest BCUT2D eigenvalue weighted by Gasteiger charge is -2.29. The van der Waals surface area contributed by atoms with Crippen LogP contribution in [0.2, 0.25) is 0 Å². The first-order valence-electron chi connectivity index (χ1n) is 9.93. The molecule has 0 aromatic heterocycles. The van der Waals surface area contributed by atoms with Gasteiger partial charge < -0.3 is 19.9 Å². The molecule has 1 atom stereocenters. The number of piperazine rings is 1. The molecule has 19 heavy (non-hydrogen) atoms. The molecule has 5 heteroatoms. The fraction of sp³-hybridized carbons (Fsp3) is 0.571. The predicted octanol–water partition coefficient (Wildman–Crippen LogP) is 0.340. The van der Waals surface area contributed by atoms with Gasteiger partial charge in [0.15, 0.2) is 11.5 Å². The van der Waals surface area contributed by atoms with Gasteiger partial charge in [-0.3, -0.25) is 4.90 Å². The molecule has 2 rings (SSSR count). The van der Waals surface area contributed by atoms with Gasteiger partial charge in [0.25, 0.3) is 0 Å². The molecule has 0 saturated carbocycles. The van der Waals surface area contributed by atoms with Gasteiger partial charge in [-0.05, 0) is 12.1 Å². The summed E-state index contributed by atoms with van der Waals surface area (Å²) in [7, 11) is -2.82. The Balaban J connectivity index is 2.29. The molecule has 1 fully saturated rings. The maximum Gasteiger partial charge on any atom is 0.161 e. The number of methoxy groups -OCH3 is 1. The lowest BCUT2D eigenvalue weighted by molar-refractivity contribution is 0.0632. The highest BCUT2D eigenvalue weighted by Gasteiger charge is 2.15. The number of rotatable bonds is 6. The molecule has 1 unspecified atom stereocenters. The highest BCUT2D eigenvalue weighted by atomic mass is 16.5. The number of ether oxygens (including phenoxy) is 2. The van der Waals surface area contributed by atoms with E-state index in [2.05, 4.69) is 5.32 Å². The maximum absolute atomic E-state index is 10.5. The van der Waals surface area contributed by atoms with Crippen LogP contribution in [0.4, 0.5) is 0 Å². The summed E-state index contributed by atoms with van der Waals surface area (Å²) in [5, 5.41) is 13.5. The van der Waals surface area contributed by atoms with E-state index >= 15 is 0 Å². The van der Waals surface area contributed by atoms with Crippen LogP contribution in [0.5, 0.6) is 11.5 Å². The summed E-state index contributed by atoms with van der Waals surface area (Å²) < 4.78 is 71.6. The van der Waals surface area contributed by atoms with Gasteiger partial charge >= 0.3 is 0 Å². The zero-order valence-corrected chi connectivity index (χ0v) is 10.3. The van der Waals surface area contributed by atoms with Crippen molar-refractivity contribution in [2.45, 2.75) is 6.08 Å². The van der Waals surface area contributed by atoms with Crippen molar-refractivity contribution >= 4 is 0 Å². The van der Waals surface area contributed by atoms with E-state index in [0.29, 0.717) is 13.1 Å². The first-order valence-corrected chi connectivity index (χ1v) is 5.93. The number of nitrogens with one attached hydrogen (secondary N) is 1. The molecule has 1 saturated heterocycles. The summed E-state index contributed by atoms with van der Waals surface area (Å²) >= 11 is 0. The molecule has 0 spiro atoms. The van der Waals surface area contributed by atoms with Crippen LogP contribution >= 0.6 is 0 Å². The van der Waals surface area contributed by atoms with Gasteiger partial charge in [-0.15, -0.1) is 0 Å². The van der Waals surface area contributed by atoms with Crippen molar-refractivity contribution in [2.24, 2.45) is 0 Å². The van der Waals surface area contributed by atoms with E-state index in [0.717, 1.165) is 4.90 Å². The van der Waals surface area contributed by atoms with Crippen LogP contribution in [0.1, 0.15) is 11.0 Å². The Morgan fingerprint density at radius 1 is 1.47 bits per heavy atom. The molecule has 106 valence electrons. The summed E-state index contributed by atoms with van der Waals surface area (Å²) in [4.78, 5) is 1.16. The predicted molar refractivity (Wildman–Crippen MR) is 73.8 cm³/mol. The number of aliphatic hydroxyl groups is 1. The lowest BCUT2D eigenvalue weighted by atomic mass is 10.3. The van der Waals surface area contributed by atoms with Crippen molar-refractivity contribution in [1.82, 2.24) is 10.2 Å². The molecule has 1 aliphatic heterocycles. The van der Waals surface area contributed by atoms with E-state index in [-0.39, 0.29) is 24.6 Å². The summed E-state index contributed by atoms with van der Waals surface area (Å²) in [5.41, 5.74) is 0. The number of β-amino-alcohol motifs (C(OH)–C–C–N with tert-alkyl or cyclic N) is 1. The minimum atomic E-state index is -3.33. The van der Waals surface area contributed by atoms with Gasteiger partial charge in [0.1, 0.15) is 12.6 Å². The van der Waals surface area contributed by atoms with E-state index < -0.39 is 26.2 Å². The molecule has 2 N–H and O–H groups in total. The second-order valence-electron chi connectivity index (χ2n) is 3.95. The number of hydrogen-bond acceptors (Lipinski definition) is 5. The van der Waals surface area contributed by atoms with Crippen LogP contribution in [-0.4, -0.2) is 62.4 Å². The monoisotopic (exact) mass is 274 g/mol. The second-order valence-corrected chi connectivity index (χ2v) is 3.95. The Hall–Kier alpha value is -1.30. The van der Waals surface area contributed by atoms with Gasteiger partial charge in [-0.2, -0.15) is 0 Å². The third kappa shape index (κ3) is 4.38. The average molecular weight is 274 g/mol. The summed E-state index contributed by atoms with van der Waals surface area (Å²) in [5.74, 6) is -0.694. The van der Waals surface area contributed by atoms with Gasteiger partial charge in [0.05, 0.1) is 15.3 Å². The van der Waals surface area contributed by atoms with Crippen LogP contribution in [0.3, 0.4) is 0 Å². The van der Waals surface area contributed by atoms with Crippen molar-refractivity contribution in [3.63, 3.8) is 0 Å². The Bertz CT molecular complexity index is 647. The number of benzene rings is 1. The molecule has 0 radical (unpaired) electrons. The third-order valence-corrected chi connectivity index (χ3v) is 2.60. The van der Waals surface area contributed by atoms with Crippen molar-refractivity contribution in [3.8, 4) is 11.5 Å². The standard InChI is InChI=1S/C14H22N2O3/c1-18-13-4-2-3-5-14(13)19-11-12(17)10-16-8-6-15-7-9-16/h2-5,12,15,17H,6-11H2,1H3/i1D3,10D2,11D2,12D. The van der Waals surface area contributed by atoms with Gasteiger partial charge in [0.2, 0.25) is 0 Å². The minimum Gasteiger partial charge on any atom is -0.493 e. The van der Waals surface area contributed by atoms with Crippen LogP contribution in [0.25, 0.3) is 0 Å². The smallest absolute Gasteiger partial charge is 0.161 e. The molecule has 0 aliphatic carbocycles. The van der Waals surface area contributed by atoms with Crippen molar-refractivity contribution in [2.75, 3.05) is 46.3 Å². The molecular formula is C14H22N2O3. The summed E-state index contributed by atoms with van der Waals surface area (Å²) in [6.45, 7) is -4.82. The first-order chi connectivity index (χ1) is 12.3. The van der Waals surface area contributed by atoms with Crippen molar-refractivity contribution in [1.29, 1.82) is 0 Å². The van der Waals surface area contributed by atoms with Crippen molar-refractivity contribution in [3.05, 3.63) is 24.3 Å². The molecule has 5 nitrogen and oxygen atoms in total. The van der Waals surface area contributed by atoms with Gasteiger partial charge in [-0.1, -0.05) is 12.1 Å². The summed E-state index contributed by atoms with van der Waals surface area (Å²) in [6, 6.07) is 5.29. The van der Waals surface area contributed by atoms with E-state index in [1.165, 1.54) is 24.3 Å². The SMILES string of the molecule is [2H]C([2H])([2H])Oc1ccccc1OC([2H])([2H])C([2H])(O)C([2H])([2H])N1CCNCC1. The molecule has 1 aromatic carbocycles. The largest absolute Gasteiger partial charge is 0.493 e. The number of para-hydroxylation sites is 2. The van der Waals surface area contributed by atoms with E-state index in [4.69, 9.17) is 20.4 Å². The molecular weight excluding hydrogens is 244 g/mol. The Morgan fingerprint density at radius 3 is 2.95 bits per heavy atom. The van der Waals surface area contributed by atoms with E-state index in [9.17, 15) is 5.11 Å². The van der Waals surface area contributed by atoms with Crippen LogP contribution in [0.15, 0.2) is 24.3 Å². The lowest BCUT2D eigenvalue weighted by Crippen LogP contribution is -2.47. The number of hydrogen-bond donors (Lipinski definition) is 2. The van der Waals surface area contributed by atoms with Gasteiger partial charge in [0, 0.05) is 35.4 Å². The van der Waals surface area contributed by atoms with Crippen molar-refractivity contribution < 1.29 is 25.5 Å². The maximum atomic E-state index is 10.5. The molecule has 0 amide bonds. The third-order valence-electron chi connectivity index (χ3n) is 2.60. The average Bonchev–Trinajstić information content (AvgIpc) is 2.55. The fourth-order valence-corrected chi connectivity index (χ4v) is 1.67. The fourth-order valence-electron chi connectivity index (χ4n) is 1.67. The molecule has 1 aromatic rings. The quantitative estimate of drug-likeness (QED) is 0.783. The Morgan fingerprint density at radius 2 is 2.21 bits per heavy atom. The van der Waals surface area contributed by atoms with Gasteiger partial charge in [-0.25, -0.2) is 0 Å². The van der Waals surface area contributed by atoms with Crippen LogP contribution < -0.4 is 14.8 Å². The zero-order chi connectivity index (χ0) is 20.5. The van der Waals surface area contributed by atoms with Crippen LogP contribution in [-0.2, 0) is 0 Å². The highest BCUT2D eigenvalue weighted by Crippen LogP contribution is 2.25. The second kappa shape index (κ2) is 7.33. The Kier molecular flexibility index (Phi) is 2.67. The summed E-state index contributed by atoms with van der Waals surface area (Å²) in [6.07, 6.45) is -3.33. The van der Waals surface area contributed by atoms with E-state index in [1.54, 1.807) is 0 Å². The minimum absolute atomic E-state index is 0.170. The zero-order valence-electron chi connectivity index (χ0n) is 18.3. The van der Waals surface area contributed by atoms with E-state index in [1.807, 2.05) is 0 Å². The topological polar surface area (TPSA) is 54.0 Å². The van der Waals surface area contributed by atoms with Crippen LogP contribution in [0, 0.1) is 0 Å². The highest BCUT2D eigenvalue weighted by molar-refractivity contribution is 5.39. The normalized spacial score (nSPS) is 28.1. The number of nitrogens with zero attached hydrogens (tertiary/aromatic N) is 1. The first kappa shape index (κ1) is 6.92. The molecule has 1 heterocycles. The molecule has 1 aliphatic rings. The Labute approximate surface area is 125 Å².